The summed E-state index contributed by atoms with van der Waals surface area (Å²) in [7, 11) is 0. The molecule has 10 heteroatoms. The Balaban J connectivity index is 1.81. The van der Waals surface area contributed by atoms with Crippen LogP contribution in [0.5, 0.6) is 0 Å². The van der Waals surface area contributed by atoms with Gasteiger partial charge in [0.05, 0.1) is 11.5 Å². The van der Waals surface area contributed by atoms with E-state index in [-0.39, 0.29) is 36.5 Å². The first-order valence-electron chi connectivity index (χ1n) is 11.0. The Morgan fingerprint density at radius 1 is 1.26 bits per heavy atom. The molecule has 1 atom stereocenters. The van der Waals surface area contributed by atoms with Gasteiger partial charge >= 0.3 is 11.9 Å². The second-order valence-corrected chi connectivity index (χ2v) is 8.70. The first-order chi connectivity index (χ1) is 16.5. The van der Waals surface area contributed by atoms with Gasteiger partial charge in [0.1, 0.15) is 12.6 Å². The molecule has 3 N–H and O–H groups in total. The number of nitro groups is 1. The number of benzene rings is 1. The number of carbonyl (C=O) groups is 3. The molecule has 0 radical (unpaired) electrons. The highest BCUT2D eigenvalue weighted by Crippen LogP contribution is 2.47. The highest BCUT2D eigenvalue weighted by atomic mass is 16.6. The summed E-state index contributed by atoms with van der Waals surface area (Å²) < 4.78 is 5.30. The zero-order chi connectivity index (χ0) is 25.8. The fraction of sp³-hybridized carbons (Fsp3) is 0.320. The number of nitrogens with two attached hydrogens (primary N) is 1. The van der Waals surface area contributed by atoms with E-state index in [9.17, 15) is 24.5 Å². The summed E-state index contributed by atoms with van der Waals surface area (Å²) in [5.74, 6) is -2.05. The molecular formula is C25H27N3O7. The van der Waals surface area contributed by atoms with Crippen molar-refractivity contribution in [3.05, 3.63) is 87.3 Å². The molecule has 1 heterocycles. The monoisotopic (exact) mass is 481 g/mol. The molecular weight excluding hydrogens is 454 g/mol. The predicted octanol–water partition coefficient (Wildman–Crippen LogP) is 2.63. The number of esters is 1. The topological polar surface area (TPSA) is 153 Å². The van der Waals surface area contributed by atoms with Crippen LogP contribution >= 0.6 is 0 Å². The molecule has 1 aliphatic carbocycles. The third kappa shape index (κ3) is 5.72. The first-order valence-corrected chi connectivity index (χ1v) is 11.0. The third-order valence-electron chi connectivity index (χ3n) is 5.98. The van der Waals surface area contributed by atoms with Gasteiger partial charge in [0.2, 0.25) is 0 Å². The molecule has 2 aliphatic rings. The maximum Gasteiger partial charge on any atom is 0.320 e. The van der Waals surface area contributed by atoms with Gasteiger partial charge in [0.25, 0.3) is 5.70 Å². The van der Waals surface area contributed by atoms with Crippen LogP contribution in [-0.2, 0) is 24.5 Å². The molecule has 0 fully saturated rings. The molecule has 1 aliphatic heterocycles. The van der Waals surface area contributed by atoms with E-state index in [4.69, 9.17) is 15.6 Å². The predicted molar refractivity (Wildman–Crippen MR) is 128 cm³/mol. The zero-order valence-corrected chi connectivity index (χ0v) is 19.5. The van der Waals surface area contributed by atoms with Crippen molar-refractivity contribution in [2.75, 3.05) is 18.1 Å². The quantitative estimate of drug-likeness (QED) is 0.234. The van der Waals surface area contributed by atoms with Gasteiger partial charge in [-0.05, 0) is 36.3 Å². The van der Waals surface area contributed by atoms with Crippen LogP contribution < -0.4 is 10.6 Å². The molecule has 0 aromatic heterocycles. The molecule has 10 nitrogen and oxygen atoms in total. The molecule has 1 aromatic carbocycles. The lowest BCUT2D eigenvalue weighted by Crippen LogP contribution is -2.31. The number of para-hydroxylation sites is 1. The van der Waals surface area contributed by atoms with Crippen molar-refractivity contribution in [2.24, 2.45) is 5.73 Å². The zero-order valence-electron chi connectivity index (χ0n) is 19.5. The van der Waals surface area contributed by atoms with E-state index in [1.54, 1.807) is 12.2 Å². The van der Waals surface area contributed by atoms with Gasteiger partial charge in [0, 0.05) is 40.9 Å². The average molecular weight is 482 g/mol. The van der Waals surface area contributed by atoms with E-state index in [1.165, 1.54) is 18.2 Å². The fourth-order valence-electron chi connectivity index (χ4n) is 4.05. The van der Waals surface area contributed by atoms with E-state index < -0.39 is 28.3 Å². The Kier molecular flexibility index (Phi) is 7.65. The lowest BCUT2D eigenvalue weighted by atomic mass is 9.83. The normalized spacial score (nSPS) is 19.5. The van der Waals surface area contributed by atoms with Gasteiger partial charge in [-0.25, -0.2) is 0 Å². The Hall–Kier alpha value is -4.05. The number of aliphatic carboxylic acids is 1. The molecule has 0 saturated heterocycles. The Bertz CT molecular complexity index is 1180. The Morgan fingerprint density at radius 3 is 2.66 bits per heavy atom. The molecule has 0 unspecified atom stereocenters. The van der Waals surface area contributed by atoms with Crippen LogP contribution in [0.3, 0.4) is 0 Å². The number of rotatable bonds is 9. The summed E-state index contributed by atoms with van der Waals surface area (Å²) in [5, 5.41) is 19.9. The second-order valence-electron chi connectivity index (χ2n) is 8.70. The van der Waals surface area contributed by atoms with Gasteiger partial charge in [-0.1, -0.05) is 32.0 Å². The van der Waals surface area contributed by atoms with Crippen molar-refractivity contribution in [3.63, 3.8) is 0 Å². The van der Waals surface area contributed by atoms with Gasteiger partial charge in [-0.15, -0.1) is 0 Å². The molecule has 1 aromatic rings. The van der Waals surface area contributed by atoms with E-state index in [0.717, 1.165) is 16.9 Å². The number of carboxylic acids is 1. The summed E-state index contributed by atoms with van der Waals surface area (Å²) in [6.07, 6.45) is 6.78. The van der Waals surface area contributed by atoms with Gasteiger partial charge in [-0.2, -0.15) is 0 Å². The SMILES string of the molecule is CC1(C)/C(=C\C=C2\C=C([N+](=O)[O-])C=CC2=O)N(CCOC(=O)CC[C@H](N)C(=O)O)c2ccccc21. The number of carboxylic acid groups (broad SMARTS) is 1. The summed E-state index contributed by atoms with van der Waals surface area (Å²) in [5.41, 5.74) is 7.79. The Labute approximate surface area is 202 Å². The minimum Gasteiger partial charge on any atom is -0.480 e. The number of allylic oxidation sites excluding steroid dienone is 7. The van der Waals surface area contributed by atoms with Crippen LogP contribution in [0.4, 0.5) is 5.69 Å². The van der Waals surface area contributed by atoms with E-state index >= 15 is 0 Å². The molecule has 0 amide bonds. The number of nitrogens with zero attached hydrogens (tertiary/aromatic N) is 2. The van der Waals surface area contributed by atoms with Crippen LogP contribution in [0.2, 0.25) is 0 Å². The minimum atomic E-state index is -1.18. The van der Waals surface area contributed by atoms with Crippen LogP contribution in [0.15, 0.2) is 71.6 Å². The van der Waals surface area contributed by atoms with Crippen LogP contribution in [0.25, 0.3) is 0 Å². The highest BCUT2D eigenvalue weighted by Gasteiger charge is 2.39. The number of ketones is 1. The molecule has 0 saturated carbocycles. The van der Waals surface area contributed by atoms with E-state index in [0.29, 0.717) is 6.54 Å². The number of hydrogen-bond acceptors (Lipinski definition) is 8. The molecule has 0 spiro atoms. The van der Waals surface area contributed by atoms with Crippen molar-refractivity contribution in [1.82, 2.24) is 0 Å². The molecule has 35 heavy (non-hydrogen) atoms. The first kappa shape index (κ1) is 25.6. The van der Waals surface area contributed by atoms with Crippen molar-refractivity contribution < 1.29 is 29.2 Å². The highest BCUT2D eigenvalue weighted by molar-refractivity contribution is 6.07. The summed E-state index contributed by atoms with van der Waals surface area (Å²) >= 11 is 0. The maximum absolute atomic E-state index is 12.3. The number of carbonyl (C=O) groups excluding carboxylic acids is 2. The van der Waals surface area contributed by atoms with Crippen LogP contribution in [0, 0.1) is 10.1 Å². The summed E-state index contributed by atoms with van der Waals surface area (Å²) in [6, 6.07) is 6.63. The average Bonchev–Trinajstić information content (AvgIpc) is 3.03. The van der Waals surface area contributed by atoms with Crippen molar-refractivity contribution >= 4 is 23.4 Å². The van der Waals surface area contributed by atoms with Crippen molar-refractivity contribution in [3.8, 4) is 0 Å². The summed E-state index contributed by atoms with van der Waals surface area (Å²) in [6.45, 7) is 4.41. The Morgan fingerprint density at radius 2 is 1.97 bits per heavy atom. The number of fused-ring (bicyclic) bond motifs is 1. The van der Waals surface area contributed by atoms with Crippen LogP contribution in [-0.4, -0.2) is 46.9 Å². The van der Waals surface area contributed by atoms with Crippen molar-refractivity contribution in [1.29, 1.82) is 0 Å². The standard InChI is InChI=1S/C25H27N3O7/c1-25(2)18-5-3-4-6-20(18)27(13-14-35-23(30)12-9-19(26)24(31)32)22(25)11-7-16-15-17(28(33)34)8-10-21(16)29/h3-8,10-11,15,19H,9,12-14,26H2,1-2H3,(H,31,32)/b16-7-,22-11+/t19-/m0/s1. The fourth-order valence-corrected chi connectivity index (χ4v) is 4.05. The van der Waals surface area contributed by atoms with Gasteiger partial charge in [-0.3, -0.25) is 24.5 Å². The molecule has 0 bridgehead atoms. The largest absolute Gasteiger partial charge is 0.480 e. The molecule has 184 valence electrons. The lowest BCUT2D eigenvalue weighted by Gasteiger charge is -2.27. The van der Waals surface area contributed by atoms with Crippen LogP contribution in [0.1, 0.15) is 32.3 Å². The number of hydrogen-bond donors (Lipinski definition) is 2. The van der Waals surface area contributed by atoms with Gasteiger partial charge < -0.3 is 20.5 Å². The lowest BCUT2D eigenvalue weighted by molar-refractivity contribution is -0.419. The van der Waals surface area contributed by atoms with E-state index in [2.05, 4.69) is 0 Å². The smallest absolute Gasteiger partial charge is 0.320 e. The van der Waals surface area contributed by atoms with Crippen molar-refractivity contribution in [2.45, 2.75) is 38.1 Å². The molecule has 3 rings (SSSR count). The maximum atomic E-state index is 12.3. The summed E-state index contributed by atoms with van der Waals surface area (Å²) in [4.78, 5) is 47.6. The second kappa shape index (κ2) is 10.5. The number of ether oxygens (including phenoxy) is 1. The third-order valence-corrected chi connectivity index (χ3v) is 5.98. The number of anilines is 1. The minimum absolute atomic E-state index is 0.0192. The van der Waals surface area contributed by atoms with E-state index in [1.807, 2.05) is 43.0 Å². The van der Waals surface area contributed by atoms with Gasteiger partial charge in [0.15, 0.2) is 5.78 Å².